The number of hydrogen-bond acceptors (Lipinski definition) is 12. The van der Waals surface area contributed by atoms with Crippen LogP contribution in [-0.4, -0.2) is 105 Å². The number of aliphatic hydroxyl groups is 1. The van der Waals surface area contributed by atoms with E-state index in [0.29, 0.717) is 5.82 Å². The maximum atomic E-state index is 12.6. The Balaban J connectivity index is 0.00000512. The summed E-state index contributed by atoms with van der Waals surface area (Å²) in [6, 6.07) is -1.47. The number of ketones is 1. The number of piperidine rings is 1. The first-order chi connectivity index (χ1) is 14.5. The minimum atomic E-state index is -4.96. The SMILES string of the molecule is CC(=O)N1C[C@H](N(C)OS(=O)(=O)[O-])CC[C@H]1C(=O)NCC(=O)Cn1nnnc1CCO.[Na+]. The molecule has 1 aliphatic rings. The van der Waals surface area contributed by atoms with Gasteiger partial charge in [-0.05, 0) is 23.3 Å². The molecular formula is C15H24N7NaO8S. The molecule has 2 amide bonds. The summed E-state index contributed by atoms with van der Waals surface area (Å²) in [5.74, 6) is -1.04. The standard InChI is InChI=1S/C15H25N7O8S.Na/c1-10(24)21-8-11(20(2)30-31(27,28)29)3-4-13(21)15(26)16-7-12(25)9-22-14(5-6-23)17-18-19-22;/h11,13,23H,3-9H2,1-2H3,(H,16,26)(H,27,28,29);/q;+1/p-1/t11-,13+;/m1./s1. The van der Waals surface area contributed by atoms with Crippen molar-refractivity contribution in [3.8, 4) is 0 Å². The number of Topliss-reactive ketones (excluding diaryl/α,β-unsaturated/α-hetero) is 1. The number of aromatic nitrogens is 4. The normalized spacial score (nSPS) is 18.8. The second-order valence-electron chi connectivity index (χ2n) is 6.93. The molecule has 2 atom stereocenters. The van der Waals surface area contributed by atoms with E-state index in [1.54, 1.807) is 0 Å². The van der Waals surface area contributed by atoms with E-state index in [1.165, 1.54) is 23.6 Å². The molecule has 174 valence electrons. The smallest absolute Gasteiger partial charge is 0.724 e. The summed E-state index contributed by atoms with van der Waals surface area (Å²) in [6.07, 6.45) is 0.622. The van der Waals surface area contributed by atoms with Crippen molar-refractivity contribution in [2.45, 2.75) is 44.8 Å². The Morgan fingerprint density at radius 3 is 2.62 bits per heavy atom. The summed E-state index contributed by atoms with van der Waals surface area (Å²) < 4.78 is 37.8. The molecule has 2 rings (SSSR count). The molecule has 1 aromatic heterocycles. The van der Waals surface area contributed by atoms with E-state index in [2.05, 4.69) is 25.1 Å². The second-order valence-corrected chi connectivity index (χ2v) is 7.90. The van der Waals surface area contributed by atoms with Gasteiger partial charge in [0.05, 0.1) is 19.2 Å². The van der Waals surface area contributed by atoms with E-state index >= 15 is 0 Å². The number of nitrogens with one attached hydrogen (secondary N) is 1. The van der Waals surface area contributed by atoms with Crippen LogP contribution in [-0.2, 0) is 42.0 Å². The largest absolute Gasteiger partial charge is 1.00 e. The van der Waals surface area contributed by atoms with Gasteiger partial charge >= 0.3 is 29.6 Å². The average Bonchev–Trinajstić information content (AvgIpc) is 3.11. The number of likely N-dealkylation sites (tertiary alicyclic amines) is 1. The van der Waals surface area contributed by atoms with Crippen LogP contribution in [0, 0.1) is 0 Å². The van der Waals surface area contributed by atoms with Gasteiger partial charge in [0.1, 0.15) is 12.6 Å². The number of likely N-dealkylation sites (N-methyl/N-ethyl adjacent to an activating group) is 1. The molecule has 0 saturated carbocycles. The third-order valence-electron chi connectivity index (χ3n) is 4.71. The zero-order valence-electron chi connectivity index (χ0n) is 18.0. The molecule has 0 unspecified atom stereocenters. The summed E-state index contributed by atoms with van der Waals surface area (Å²) >= 11 is 0. The molecule has 0 aromatic carbocycles. The van der Waals surface area contributed by atoms with Crippen LogP contribution in [0.3, 0.4) is 0 Å². The van der Waals surface area contributed by atoms with E-state index < -0.39 is 40.1 Å². The minimum Gasteiger partial charge on any atom is -0.724 e. The number of amides is 2. The number of nitrogens with zero attached hydrogens (tertiary/aromatic N) is 6. The van der Waals surface area contributed by atoms with Gasteiger partial charge in [-0.15, -0.1) is 5.10 Å². The molecule has 1 saturated heterocycles. The van der Waals surface area contributed by atoms with Gasteiger partial charge < -0.3 is 19.9 Å². The molecule has 2 heterocycles. The van der Waals surface area contributed by atoms with Crippen LogP contribution in [0.5, 0.6) is 0 Å². The van der Waals surface area contributed by atoms with Gasteiger partial charge in [0.25, 0.3) is 0 Å². The molecule has 32 heavy (non-hydrogen) atoms. The Morgan fingerprint density at radius 2 is 2.03 bits per heavy atom. The van der Waals surface area contributed by atoms with E-state index in [1.807, 2.05) is 0 Å². The predicted octanol–water partition coefficient (Wildman–Crippen LogP) is -6.40. The molecule has 17 heteroatoms. The average molecular weight is 485 g/mol. The summed E-state index contributed by atoms with van der Waals surface area (Å²) in [7, 11) is -3.71. The van der Waals surface area contributed by atoms with Crippen molar-refractivity contribution < 1.29 is 66.3 Å². The van der Waals surface area contributed by atoms with Crippen LogP contribution in [0.15, 0.2) is 0 Å². The van der Waals surface area contributed by atoms with Crippen LogP contribution in [0.2, 0.25) is 0 Å². The van der Waals surface area contributed by atoms with Gasteiger partial charge in [0.15, 0.2) is 11.6 Å². The van der Waals surface area contributed by atoms with Crippen molar-refractivity contribution in [3.05, 3.63) is 5.82 Å². The fourth-order valence-corrected chi connectivity index (χ4v) is 3.64. The Kier molecular flexibility index (Phi) is 11.3. The zero-order chi connectivity index (χ0) is 23.2. The van der Waals surface area contributed by atoms with Crippen molar-refractivity contribution >= 4 is 28.0 Å². The third kappa shape index (κ3) is 8.43. The Morgan fingerprint density at radius 1 is 1.34 bits per heavy atom. The van der Waals surface area contributed by atoms with Crippen molar-refractivity contribution in [2.24, 2.45) is 0 Å². The fraction of sp³-hybridized carbons (Fsp3) is 0.733. The van der Waals surface area contributed by atoms with Gasteiger partial charge in [-0.3, -0.25) is 14.4 Å². The molecule has 2 N–H and O–H groups in total. The second kappa shape index (κ2) is 12.6. The van der Waals surface area contributed by atoms with Crippen molar-refractivity contribution in [3.63, 3.8) is 0 Å². The molecule has 1 fully saturated rings. The number of hydrogen-bond donors (Lipinski definition) is 2. The summed E-state index contributed by atoms with van der Waals surface area (Å²) in [4.78, 5) is 38.0. The van der Waals surface area contributed by atoms with Gasteiger partial charge in [0, 0.05) is 26.9 Å². The number of hydroxylamine groups is 2. The van der Waals surface area contributed by atoms with Crippen LogP contribution >= 0.6 is 0 Å². The Hall–Kier alpha value is -1.53. The van der Waals surface area contributed by atoms with E-state index in [4.69, 9.17) is 5.11 Å². The number of carbonyl (C=O) groups is 3. The first-order valence-electron chi connectivity index (χ1n) is 9.32. The van der Waals surface area contributed by atoms with Gasteiger partial charge in [-0.25, -0.2) is 13.1 Å². The summed E-state index contributed by atoms with van der Waals surface area (Å²) in [5.41, 5.74) is 0. The molecule has 0 bridgehead atoms. The van der Waals surface area contributed by atoms with Crippen LogP contribution in [0.25, 0.3) is 0 Å². The quantitative estimate of drug-likeness (QED) is 0.138. The summed E-state index contributed by atoms with van der Waals surface area (Å²) in [5, 5.41) is 23.1. The monoisotopic (exact) mass is 485 g/mol. The molecule has 1 aromatic rings. The van der Waals surface area contributed by atoms with Crippen LogP contribution < -0.4 is 34.9 Å². The maximum absolute atomic E-state index is 12.6. The molecule has 0 aliphatic carbocycles. The number of rotatable bonds is 10. The minimum absolute atomic E-state index is 0. The van der Waals surface area contributed by atoms with Gasteiger partial charge in [0.2, 0.25) is 22.2 Å². The Bertz CT molecular complexity index is 911. The van der Waals surface area contributed by atoms with Crippen molar-refractivity contribution in [1.29, 1.82) is 0 Å². The van der Waals surface area contributed by atoms with Gasteiger partial charge in [-0.1, -0.05) is 0 Å². The fourth-order valence-electron chi connectivity index (χ4n) is 3.23. The summed E-state index contributed by atoms with van der Waals surface area (Å²) in [6.45, 7) is 0.510. The molecular weight excluding hydrogens is 461 g/mol. The van der Waals surface area contributed by atoms with E-state index in [-0.39, 0.29) is 75.1 Å². The number of carbonyl (C=O) groups excluding carboxylic acids is 3. The first kappa shape index (κ1) is 28.5. The van der Waals surface area contributed by atoms with E-state index in [0.717, 1.165) is 5.06 Å². The Labute approximate surface area is 206 Å². The first-order valence-corrected chi connectivity index (χ1v) is 10.7. The van der Waals surface area contributed by atoms with Crippen LogP contribution in [0.4, 0.5) is 0 Å². The van der Waals surface area contributed by atoms with Crippen molar-refractivity contribution in [1.82, 2.24) is 35.5 Å². The predicted molar refractivity (Wildman–Crippen MR) is 99.4 cm³/mol. The molecule has 15 nitrogen and oxygen atoms in total. The molecule has 0 spiro atoms. The van der Waals surface area contributed by atoms with Gasteiger partial charge in [-0.2, -0.15) is 9.35 Å². The van der Waals surface area contributed by atoms with Crippen molar-refractivity contribution in [2.75, 3.05) is 26.7 Å². The number of tetrazole rings is 1. The van der Waals surface area contributed by atoms with E-state index in [9.17, 15) is 27.4 Å². The van der Waals surface area contributed by atoms with Crippen LogP contribution in [0.1, 0.15) is 25.6 Å². The molecule has 0 radical (unpaired) electrons. The number of aliphatic hydroxyl groups excluding tert-OH is 1. The maximum Gasteiger partial charge on any atom is 1.00 e. The third-order valence-corrected chi connectivity index (χ3v) is 5.13. The zero-order valence-corrected chi connectivity index (χ0v) is 20.8. The topological polar surface area (TPSA) is 200 Å². The molecule has 1 aliphatic heterocycles.